The van der Waals surface area contributed by atoms with Crippen molar-refractivity contribution in [1.29, 1.82) is 5.26 Å². The van der Waals surface area contributed by atoms with E-state index in [4.69, 9.17) is 0 Å². The molecule has 1 aliphatic rings. The van der Waals surface area contributed by atoms with Gasteiger partial charge in [-0.1, -0.05) is 31.5 Å². The molecule has 6 heteroatoms. The molecule has 0 spiro atoms. The Morgan fingerprint density at radius 3 is 2.95 bits per heavy atom. The largest absolute Gasteiger partial charge is 0.343 e. The zero-order valence-electron chi connectivity index (χ0n) is 12.1. The lowest BCUT2D eigenvalue weighted by atomic mass is 9.80. The van der Waals surface area contributed by atoms with Crippen molar-refractivity contribution in [2.75, 3.05) is 0 Å². The number of nitrogens with zero attached hydrogens (tertiary/aromatic N) is 3. The smallest absolute Gasteiger partial charge is 0.270 e. The second-order valence-corrected chi connectivity index (χ2v) is 6.62. The molecule has 1 saturated carbocycles. The molecule has 0 aromatic carbocycles. The van der Waals surface area contributed by atoms with E-state index in [0.29, 0.717) is 12.5 Å². The number of nitriles is 1. The van der Waals surface area contributed by atoms with Crippen LogP contribution in [0.1, 0.15) is 46.0 Å². The fourth-order valence-corrected chi connectivity index (χ4v) is 4.41. The van der Waals surface area contributed by atoms with Gasteiger partial charge in [-0.15, -0.1) is 5.10 Å². The Hall–Kier alpha value is -1.22. The van der Waals surface area contributed by atoms with Crippen molar-refractivity contribution in [2.24, 2.45) is 11.8 Å². The molecule has 3 atom stereocenters. The summed E-state index contributed by atoms with van der Waals surface area (Å²) in [6.07, 6.45) is 5.61. The van der Waals surface area contributed by atoms with Crippen LogP contribution in [0.4, 0.5) is 0 Å². The minimum Gasteiger partial charge on any atom is -0.270 e. The molecule has 0 radical (unpaired) electrons. The maximum absolute atomic E-state index is 11.6. The number of aromatic nitrogens is 3. The first kappa shape index (κ1) is 15.2. The van der Waals surface area contributed by atoms with Crippen molar-refractivity contribution in [3.05, 3.63) is 10.5 Å². The van der Waals surface area contributed by atoms with Gasteiger partial charge >= 0.3 is 5.69 Å². The van der Waals surface area contributed by atoms with Crippen molar-refractivity contribution < 1.29 is 0 Å². The highest BCUT2D eigenvalue weighted by atomic mass is 32.2. The van der Waals surface area contributed by atoms with Crippen molar-refractivity contribution in [2.45, 2.75) is 62.9 Å². The first-order chi connectivity index (χ1) is 9.69. The predicted molar refractivity (Wildman–Crippen MR) is 79.5 cm³/mol. The summed E-state index contributed by atoms with van der Waals surface area (Å²) in [5.41, 5.74) is -0.163. The summed E-state index contributed by atoms with van der Waals surface area (Å²) in [5.74, 6) is 0.785. The normalized spacial score (nSPS) is 26.4. The van der Waals surface area contributed by atoms with Gasteiger partial charge in [0.1, 0.15) is 0 Å². The molecule has 110 valence electrons. The van der Waals surface area contributed by atoms with Crippen molar-refractivity contribution in [3.63, 3.8) is 0 Å². The minimum atomic E-state index is -0.163. The zero-order chi connectivity index (χ0) is 14.5. The van der Waals surface area contributed by atoms with E-state index in [0.717, 1.165) is 24.4 Å². The van der Waals surface area contributed by atoms with Gasteiger partial charge in [-0.25, -0.2) is 9.89 Å². The number of hydrogen-bond donors (Lipinski definition) is 1. The van der Waals surface area contributed by atoms with Crippen LogP contribution in [0.2, 0.25) is 0 Å². The molecule has 1 aliphatic carbocycles. The second kappa shape index (κ2) is 6.98. The van der Waals surface area contributed by atoms with Gasteiger partial charge in [0.25, 0.3) is 0 Å². The van der Waals surface area contributed by atoms with Crippen LogP contribution in [0, 0.1) is 23.2 Å². The number of thioether (sulfide) groups is 1. The SMILES string of the molecule is CCCC1CCC(C#N)C(Sc2n[nH]c(=O)n2CC)C1. The molecule has 1 aromatic rings. The van der Waals surface area contributed by atoms with Gasteiger partial charge in [0.15, 0.2) is 5.16 Å². The molecule has 1 fully saturated rings. The number of H-pyrrole nitrogens is 1. The van der Waals surface area contributed by atoms with E-state index in [1.165, 1.54) is 12.8 Å². The molecule has 1 aromatic heterocycles. The lowest BCUT2D eigenvalue weighted by Gasteiger charge is -2.31. The highest BCUT2D eigenvalue weighted by Gasteiger charge is 2.32. The summed E-state index contributed by atoms with van der Waals surface area (Å²) >= 11 is 1.60. The lowest BCUT2D eigenvalue weighted by Crippen LogP contribution is -2.27. The lowest BCUT2D eigenvalue weighted by molar-refractivity contribution is 0.306. The van der Waals surface area contributed by atoms with Crippen molar-refractivity contribution in [3.8, 4) is 6.07 Å². The summed E-state index contributed by atoms with van der Waals surface area (Å²) in [4.78, 5) is 11.6. The van der Waals surface area contributed by atoms with Gasteiger partial charge in [-0.05, 0) is 32.1 Å². The van der Waals surface area contributed by atoms with E-state index in [1.54, 1.807) is 16.3 Å². The van der Waals surface area contributed by atoms with Crippen LogP contribution in [0.15, 0.2) is 9.95 Å². The fraction of sp³-hybridized carbons (Fsp3) is 0.786. The second-order valence-electron chi connectivity index (χ2n) is 5.42. The number of nitrogens with one attached hydrogen (secondary N) is 1. The summed E-state index contributed by atoms with van der Waals surface area (Å²) in [6, 6.07) is 2.43. The van der Waals surface area contributed by atoms with Gasteiger partial charge in [-0.3, -0.25) is 4.57 Å². The molecule has 3 unspecified atom stereocenters. The van der Waals surface area contributed by atoms with E-state index in [1.807, 2.05) is 6.92 Å². The van der Waals surface area contributed by atoms with Gasteiger partial charge in [-0.2, -0.15) is 5.26 Å². The number of aromatic amines is 1. The van der Waals surface area contributed by atoms with Crippen LogP contribution in [0.5, 0.6) is 0 Å². The molecular formula is C14H22N4OS. The van der Waals surface area contributed by atoms with Gasteiger partial charge < -0.3 is 0 Å². The van der Waals surface area contributed by atoms with Crippen molar-refractivity contribution in [1.82, 2.24) is 14.8 Å². The van der Waals surface area contributed by atoms with Gasteiger partial charge in [0.2, 0.25) is 0 Å². The Labute approximate surface area is 123 Å². The Balaban J connectivity index is 2.11. The molecule has 1 heterocycles. The molecule has 2 rings (SSSR count). The Kier molecular flexibility index (Phi) is 5.30. The maximum Gasteiger partial charge on any atom is 0.343 e. The molecule has 0 bridgehead atoms. The first-order valence-electron chi connectivity index (χ1n) is 7.41. The molecule has 0 aliphatic heterocycles. The minimum absolute atomic E-state index is 0.0743. The molecule has 1 N–H and O–H groups in total. The quantitative estimate of drug-likeness (QED) is 0.906. The third kappa shape index (κ3) is 3.26. The van der Waals surface area contributed by atoms with Crippen LogP contribution < -0.4 is 5.69 Å². The maximum atomic E-state index is 11.6. The number of hydrogen-bond acceptors (Lipinski definition) is 4. The molecular weight excluding hydrogens is 272 g/mol. The summed E-state index contributed by atoms with van der Waals surface area (Å²) in [6.45, 7) is 4.75. The molecule has 20 heavy (non-hydrogen) atoms. The summed E-state index contributed by atoms with van der Waals surface area (Å²) < 4.78 is 1.64. The Morgan fingerprint density at radius 2 is 2.30 bits per heavy atom. The summed E-state index contributed by atoms with van der Waals surface area (Å²) in [5, 5.41) is 16.9. The third-order valence-electron chi connectivity index (χ3n) is 4.06. The van der Waals surface area contributed by atoms with Crippen molar-refractivity contribution >= 4 is 11.8 Å². The van der Waals surface area contributed by atoms with E-state index < -0.39 is 0 Å². The Morgan fingerprint density at radius 1 is 1.50 bits per heavy atom. The van der Waals surface area contributed by atoms with Crippen LogP contribution >= 0.6 is 11.8 Å². The van der Waals surface area contributed by atoms with Crippen LogP contribution in [-0.2, 0) is 6.54 Å². The van der Waals surface area contributed by atoms with E-state index in [-0.39, 0.29) is 16.9 Å². The molecule has 0 saturated heterocycles. The summed E-state index contributed by atoms with van der Waals surface area (Å²) in [7, 11) is 0. The monoisotopic (exact) mass is 294 g/mol. The highest BCUT2D eigenvalue weighted by Crippen LogP contribution is 2.40. The standard InChI is InChI=1S/C14H22N4OS/c1-3-5-10-6-7-11(9-15)12(8-10)20-14-17-16-13(19)18(14)4-2/h10-12H,3-8H2,1-2H3,(H,16,19). The topological polar surface area (TPSA) is 74.5 Å². The third-order valence-corrected chi connectivity index (χ3v) is 5.41. The molecule has 0 amide bonds. The average Bonchev–Trinajstić information content (AvgIpc) is 2.80. The molecule has 5 nitrogen and oxygen atoms in total. The van der Waals surface area contributed by atoms with Gasteiger partial charge in [0, 0.05) is 11.8 Å². The van der Waals surface area contributed by atoms with E-state index >= 15 is 0 Å². The van der Waals surface area contributed by atoms with Crippen LogP contribution in [-0.4, -0.2) is 20.0 Å². The first-order valence-corrected chi connectivity index (χ1v) is 8.29. The highest BCUT2D eigenvalue weighted by molar-refractivity contribution is 7.99. The Bertz CT molecular complexity index is 530. The van der Waals surface area contributed by atoms with Gasteiger partial charge in [0.05, 0.1) is 12.0 Å². The van der Waals surface area contributed by atoms with E-state index in [2.05, 4.69) is 23.2 Å². The van der Waals surface area contributed by atoms with Crippen LogP contribution in [0.25, 0.3) is 0 Å². The van der Waals surface area contributed by atoms with Crippen LogP contribution in [0.3, 0.4) is 0 Å². The average molecular weight is 294 g/mol. The van der Waals surface area contributed by atoms with E-state index in [9.17, 15) is 10.1 Å². The number of rotatable bonds is 5. The zero-order valence-corrected chi connectivity index (χ0v) is 12.9. The predicted octanol–water partition coefficient (Wildman–Crippen LogP) is 2.79. The fourth-order valence-electron chi connectivity index (χ4n) is 2.97.